The maximum Gasteiger partial charge on any atom is 0.163 e. The summed E-state index contributed by atoms with van der Waals surface area (Å²) in [5, 5.41) is 9.45. The van der Waals surface area contributed by atoms with Gasteiger partial charge in [0.25, 0.3) is 0 Å². The Morgan fingerprint density at radius 2 is 1.07 bits per heavy atom. The highest BCUT2D eigenvalue weighted by atomic mass is 35.5. The first kappa shape index (κ1) is 17.8. The lowest BCUT2D eigenvalue weighted by molar-refractivity contribution is 0.0727. The monoisotopic (exact) mass is 400 g/mol. The van der Waals surface area contributed by atoms with E-state index in [0.29, 0.717) is 21.6 Å². The van der Waals surface area contributed by atoms with Crippen LogP contribution in [0.1, 0.15) is 11.5 Å². The van der Waals surface area contributed by atoms with Crippen molar-refractivity contribution in [2.75, 3.05) is 0 Å². The summed E-state index contributed by atoms with van der Waals surface area (Å²) >= 11 is 11.8. The summed E-state index contributed by atoms with van der Waals surface area (Å²) in [4.78, 5) is 0. The number of ether oxygens (including phenoxy) is 1. The van der Waals surface area contributed by atoms with Gasteiger partial charge < -0.3 is 13.8 Å². The van der Waals surface area contributed by atoms with Crippen LogP contribution in [0.2, 0.25) is 10.0 Å². The second kappa shape index (κ2) is 7.96. The van der Waals surface area contributed by atoms with Crippen LogP contribution >= 0.6 is 23.2 Å². The molecule has 0 spiro atoms. The molecule has 0 saturated carbocycles. The van der Waals surface area contributed by atoms with Crippen LogP contribution in [0.3, 0.4) is 0 Å². The van der Waals surface area contributed by atoms with Gasteiger partial charge in [0.1, 0.15) is 24.6 Å². The van der Waals surface area contributed by atoms with Crippen molar-refractivity contribution in [3.05, 3.63) is 82.2 Å². The molecule has 0 unspecified atom stereocenters. The lowest BCUT2D eigenvalue weighted by Crippen LogP contribution is -1.91. The zero-order valence-electron chi connectivity index (χ0n) is 14.1. The van der Waals surface area contributed by atoms with Gasteiger partial charge in [0.2, 0.25) is 0 Å². The van der Waals surface area contributed by atoms with Crippen molar-refractivity contribution in [1.82, 2.24) is 10.3 Å². The van der Waals surface area contributed by atoms with E-state index >= 15 is 0 Å². The van der Waals surface area contributed by atoms with Gasteiger partial charge in [-0.1, -0.05) is 57.8 Å². The molecule has 0 amide bonds. The van der Waals surface area contributed by atoms with E-state index in [4.69, 9.17) is 37.0 Å². The predicted molar refractivity (Wildman–Crippen MR) is 102 cm³/mol. The van der Waals surface area contributed by atoms with Gasteiger partial charge >= 0.3 is 0 Å². The Balaban J connectivity index is 1.34. The van der Waals surface area contributed by atoms with Crippen molar-refractivity contribution in [3.8, 4) is 22.5 Å². The third-order valence-corrected chi connectivity index (χ3v) is 4.39. The summed E-state index contributed by atoms with van der Waals surface area (Å²) in [6.07, 6.45) is 0. The Bertz CT molecular complexity index is 940. The molecular formula is C20H14Cl2N2O3. The van der Waals surface area contributed by atoms with E-state index in [1.807, 2.05) is 60.7 Å². The summed E-state index contributed by atoms with van der Waals surface area (Å²) in [5.74, 6) is 1.25. The number of halogens is 2. The van der Waals surface area contributed by atoms with Crippen LogP contribution in [0.5, 0.6) is 0 Å². The number of aromatic nitrogens is 2. The topological polar surface area (TPSA) is 61.3 Å². The number of benzene rings is 2. The summed E-state index contributed by atoms with van der Waals surface area (Å²) < 4.78 is 16.2. The van der Waals surface area contributed by atoms with E-state index in [-0.39, 0.29) is 13.2 Å². The van der Waals surface area contributed by atoms with Gasteiger partial charge in [-0.3, -0.25) is 0 Å². The molecule has 2 aromatic heterocycles. The van der Waals surface area contributed by atoms with Gasteiger partial charge in [-0.15, -0.1) is 0 Å². The molecule has 0 aliphatic heterocycles. The van der Waals surface area contributed by atoms with Crippen LogP contribution in [-0.2, 0) is 18.0 Å². The first-order chi connectivity index (χ1) is 13.2. The minimum absolute atomic E-state index is 0.275. The zero-order chi connectivity index (χ0) is 18.6. The fourth-order valence-electron chi connectivity index (χ4n) is 2.53. The fourth-order valence-corrected chi connectivity index (χ4v) is 2.78. The Kier molecular flexibility index (Phi) is 5.25. The molecular weight excluding hydrogens is 387 g/mol. The lowest BCUT2D eigenvalue weighted by atomic mass is 10.1. The summed E-state index contributed by atoms with van der Waals surface area (Å²) in [5.41, 5.74) is 3.32. The van der Waals surface area contributed by atoms with Crippen molar-refractivity contribution in [2.24, 2.45) is 0 Å². The van der Waals surface area contributed by atoms with Crippen LogP contribution in [0.15, 0.2) is 69.7 Å². The predicted octanol–water partition coefficient (Wildman–Crippen LogP) is 6.02. The lowest BCUT2D eigenvalue weighted by Gasteiger charge is -1.97. The maximum absolute atomic E-state index is 5.90. The molecule has 0 radical (unpaired) electrons. The molecule has 136 valence electrons. The molecule has 7 heteroatoms. The van der Waals surface area contributed by atoms with Crippen molar-refractivity contribution in [1.29, 1.82) is 0 Å². The van der Waals surface area contributed by atoms with Crippen molar-refractivity contribution in [3.63, 3.8) is 0 Å². The standard InChI is InChI=1S/C20H14Cl2N2O3/c21-15-5-1-13(2-6-15)19-9-17(26-23-19)11-25-12-18-10-20(24-27-18)14-3-7-16(22)8-4-14/h1-10H,11-12H2. The van der Waals surface area contributed by atoms with Crippen LogP contribution in [0, 0.1) is 0 Å². The molecule has 0 aliphatic rings. The Morgan fingerprint density at radius 1 is 0.667 bits per heavy atom. The normalized spacial score (nSPS) is 11.0. The van der Waals surface area contributed by atoms with Crippen molar-refractivity contribution in [2.45, 2.75) is 13.2 Å². The molecule has 0 aliphatic carbocycles. The van der Waals surface area contributed by atoms with Crippen LogP contribution < -0.4 is 0 Å². The summed E-state index contributed by atoms with van der Waals surface area (Å²) in [6, 6.07) is 18.5. The number of hydrogen-bond donors (Lipinski definition) is 0. The highest BCUT2D eigenvalue weighted by Gasteiger charge is 2.09. The molecule has 0 saturated heterocycles. The van der Waals surface area contributed by atoms with Gasteiger partial charge in [0.05, 0.1) is 0 Å². The average Bonchev–Trinajstić information content (AvgIpc) is 3.33. The molecule has 27 heavy (non-hydrogen) atoms. The SMILES string of the molecule is Clc1ccc(-c2cc(COCc3cc(-c4ccc(Cl)cc4)no3)on2)cc1. The molecule has 0 N–H and O–H groups in total. The third kappa shape index (κ3) is 4.39. The Morgan fingerprint density at radius 3 is 1.48 bits per heavy atom. The zero-order valence-corrected chi connectivity index (χ0v) is 15.6. The molecule has 0 atom stereocenters. The van der Waals surface area contributed by atoms with Gasteiger partial charge in [-0.05, 0) is 24.3 Å². The molecule has 4 rings (SSSR count). The smallest absolute Gasteiger partial charge is 0.163 e. The van der Waals surface area contributed by atoms with Gasteiger partial charge in [0, 0.05) is 33.3 Å². The van der Waals surface area contributed by atoms with Crippen molar-refractivity contribution < 1.29 is 13.8 Å². The van der Waals surface area contributed by atoms with Crippen molar-refractivity contribution >= 4 is 23.2 Å². The average molecular weight is 401 g/mol. The molecule has 0 fully saturated rings. The number of nitrogens with zero attached hydrogens (tertiary/aromatic N) is 2. The largest absolute Gasteiger partial charge is 0.365 e. The van der Waals surface area contributed by atoms with E-state index in [2.05, 4.69) is 10.3 Å². The summed E-state index contributed by atoms with van der Waals surface area (Å²) in [7, 11) is 0. The fraction of sp³-hybridized carbons (Fsp3) is 0.100. The Hall–Kier alpha value is -2.60. The molecule has 5 nitrogen and oxygen atoms in total. The van der Waals surface area contributed by atoms with Gasteiger partial charge in [-0.25, -0.2) is 0 Å². The molecule has 4 aromatic rings. The molecule has 0 bridgehead atoms. The maximum atomic E-state index is 5.90. The highest BCUT2D eigenvalue weighted by molar-refractivity contribution is 6.30. The first-order valence-corrected chi connectivity index (χ1v) is 8.94. The van der Waals surface area contributed by atoms with Gasteiger partial charge in [-0.2, -0.15) is 0 Å². The van der Waals surface area contributed by atoms with E-state index < -0.39 is 0 Å². The second-order valence-electron chi connectivity index (χ2n) is 5.86. The summed E-state index contributed by atoms with van der Waals surface area (Å²) in [6.45, 7) is 0.551. The van der Waals surface area contributed by atoms with Crippen LogP contribution in [0.4, 0.5) is 0 Å². The van der Waals surface area contributed by atoms with E-state index in [9.17, 15) is 0 Å². The van der Waals surface area contributed by atoms with Crippen LogP contribution in [0.25, 0.3) is 22.5 Å². The minimum Gasteiger partial charge on any atom is -0.365 e. The van der Waals surface area contributed by atoms with E-state index in [1.165, 1.54) is 0 Å². The minimum atomic E-state index is 0.275. The third-order valence-electron chi connectivity index (χ3n) is 3.89. The first-order valence-electron chi connectivity index (χ1n) is 8.18. The molecule has 2 heterocycles. The highest BCUT2D eigenvalue weighted by Crippen LogP contribution is 2.23. The van der Waals surface area contributed by atoms with Gasteiger partial charge in [0.15, 0.2) is 11.5 Å². The number of rotatable bonds is 6. The van der Waals surface area contributed by atoms with Crippen LogP contribution in [-0.4, -0.2) is 10.3 Å². The molecule has 2 aromatic carbocycles. The van der Waals surface area contributed by atoms with E-state index in [1.54, 1.807) is 0 Å². The number of hydrogen-bond acceptors (Lipinski definition) is 5. The second-order valence-corrected chi connectivity index (χ2v) is 6.74. The quantitative estimate of drug-likeness (QED) is 0.395. The van der Waals surface area contributed by atoms with E-state index in [0.717, 1.165) is 22.5 Å². The Labute approximate surface area is 165 Å².